The highest BCUT2D eigenvalue weighted by atomic mass is 32.1. The molecule has 3 heterocycles. The minimum absolute atomic E-state index is 0.0571. The van der Waals surface area contributed by atoms with Crippen molar-refractivity contribution in [2.75, 3.05) is 13.7 Å². The first kappa shape index (κ1) is 21.9. The van der Waals surface area contributed by atoms with Gasteiger partial charge in [-0.3, -0.25) is 9.36 Å². The van der Waals surface area contributed by atoms with Gasteiger partial charge < -0.3 is 23.6 Å². The molecule has 0 bridgehead atoms. The molecule has 0 radical (unpaired) electrons. The number of nitrogens with one attached hydrogen (secondary N) is 1. The zero-order valence-corrected chi connectivity index (χ0v) is 19.4. The van der Waals surface area contributed by atoms with Crippen LogP contribution in [-0.4, -0.2) is 59.0 Å². The summed E-state index contributed by atoms with van der Waals surface area (Å²) in [5, 5.41) is 0.135. The van der Waals surface area contributed by atoms with Crippen LogP contribution in [0.4, 0.5) is 0 Å². The molecule has 11 heteroatoms. The topological polar surface area (TPSA) is 100 Å². The second-order valence-corrected chi connectivity index (χ2v) is 13.7. The molecule has 2 aromatic rings. The summed E-state index contributed by atoms with van der Waals surface area (Å²) >= 11 is 5.09. The van der Waals surface area contributed by atoms with Crippen LogP contribution in [0.5, 0.6) is 0 Å². The molecule has 0 unspecified atom stereocenters. The Balaban J connectivity index is 1.82. The van der Waals surface area contributed by atoms with E-state index in [1.54, 1.807) is 10.9 Å². The minimum Gasteiger partial charge on any atom is -0.460 e. The van der Waals surface area contributed by atoms with Gasteiger partial charge in [-0.1, -0.05) is 20.8 Å². The van der Waals surface area contributed by atoms with Gasteiger partial charge in [0.1, 0.15) is 18.4 Å². The highest BCUT2D eigenvalue weighted by molar-refractivity contribution is 7.79. The molecule has 0 aromatic carbocycles. The van der Waals surface area contributed by atoms with Gasteiger partial charge in [0.15, 0.2) is 19.5 Å². The fraction of sp³-hybridized carbons (Fsp3) is 0.667. The van der Waals surface area contributed by atoms with Crippen LogP contribution < -0.4 is 5.56 Å². The third kappa shape index (κ3) is 4.52. The van der Waals surface area contributed by atoms with Crippen LogP contribution in [0.2, 0.25) is 18.1 Å². The van der Waals surface area contributed by atoms with E-state index in [4.69, 9.17) is 30.9 Å². The minimum atomic E-state index is -1.97. The predicted octanol–water partition coefficient (Wildman–Crippen LogP) is 2.75. The summed E-state index contributed by atoms with van der Waals surface area (Å²) in [6.45, 7) is 11.3. The molecule has 1 aliphatic heterocycles. The Morgan fingerprint density at radius 3 is 2.79 bits per heavy atom. The van der Waals surface area contributed by atoms with Gasteiger partial charge in [-0.05, 0) is 18.1 Å². The number of H-pyrrole nitrogens is 1. The smallest absolute Gasteiger partial charge is 0.352 e. The van der Waals surface area contributed by atoms with E-state index < -0.39 is 14.5 Å². The van der Waals surface area contributed by atoms with Crippen molar-refractivity contribution >= 4 is 36.9 Å². The summed E-state index contributed by atoms with van der Waals surface area (Å²) in [5.74, 6) is 0. The number of aromatic amines is 1. The summed E-state index contributed by atoms with van der Waals surface area (Å²) in [6.07, 6.45) is 2.30. The maximum absolute atomic E-state index is 11.9. The molecular formula is C18H28N4O5SSi. The van der Waals surface area contributed by atoms with E-state index >= 15 is 0 Å². The molecule has 0 amide bonds. The number of hydrogen-bond acceptors (Lipinski definition) is 8. The second-order valence-electron chi connectivity index (χ2n) is 8.60. The largest absolute Gasteiger partial charge is 0.460 e. The van der Waals surface area contributed by atoms with Crippen LogP contribution in [0, 0.1) is 0 Å². The monoisotopic (exact) mass is 440 g/mol. The third-order valence-electron chi connectivity index (χ3n) is 5.68. The highest BCUT2D eigenvalue weighted by Gasteiger charge is 2.43. The quantitative estimate of drug-likeness (QED) is 0.559. The van der Waals surface area contributed by atoms with Gasteiger partial charge in [0.2, 0.25) is 0 Å². The van der Waals surface area contributed by atoms with E-state index in [1.165, 1.54) is 13.4 Å². The molecule has 0 saturated carbocycles. The van der Waals surface area contributed by atoms with E-state index in [-0.39, 0.29) is 33.6 Å². The van der Waals surface area contributed by atoms with Gasteiger partial charge >= 0.3 is 5.24 Å². The number of imidazole rings is 1. The summed E-state index contributed by atoms with van der Waals surface area (Å²) in [6, 6.07) is 0. The SMILES string of the molecule is COC(=S)O[C@@H]1C[C@@H](n2cnc3c(=O)[nH]cnc32)O[C@@H]1CO[Si](C)(C)C(C)(C)C. The highest BCUT2D eigenvalue weighted by Crippen LogP contribution is 2.38. The van der Waals surface area contributed by atoms with Crippen molar-refractivity contribution in [3.63, 3.8) is 0 Å². The van der Waals surface area contributed by atoms with Crippen LogP contribution in [0.15, 0.2) is 17.4 Å². The van der Waals surface area contributed by atoms with Crippen LogP contribution in [0.3, 0.4) is 0 Å². The van der Waals surface area contributed by atoms with Gasteiger partial charge in [-0.2, -0.15) is 0 Å². The third-order valence-corrected chi connectivity index (χ3v) is 10.4. The molecule has 0 aliphatic carbocycles. The number of fused-ring (bicyclic) bond motifs is 1. The number of hydrogen-bond donors (Lipinski definition) is 1. The molecule has 1 fully saturated rings. The van der Waals surface area contributed by atoms with E-state index in [2.05, 4.69) is 48.8 Å². The fourth-order valence-corrected chi connectivity index (χ4v) is 4.04. The van der Waals surface area contributed by atoms with Crippen molar-refractivity contribution in [1.29, 1.82) is 0 Å². The van der Waals surface area contributed by atoms with Gasteiger partial charge in [-0.15, -0.1) is 0 Å². The fourth-order valence-electron chi connectivity index (χ4n) is 2.90. The average Bonchev–Trinajstić information content (AvgIpc) is 3.23. The zero-order chi connectivity index (χ0) is 21.4. The lowest BCUT2D eigenvalue weighted by molar-refractivity contribution is -0.0411. The Labute approximate surface area is 175 Å². The molecule has 160 valence electrons. The first-order chi connectivity index (χ1) is 13.5. The van der Waals surface area contributed by atoms with Crippen LogP contribution in [-0.2, 0) is 18.6 Å². The first-order valence-corrected chi connectivity index (χ1v) is 12.8. The van der Waals surface area contributed by atoms with Crippen LogP contribution in [0.1, 0.15) is 33.4 Å². The number of aromatic nitrogens is 4. The molecule has 9 nitrogen and oxygen atoms in total. The molecule has 3 rings (SSSR count). The molecule has 3 atom stereocenters. The summed E-state index contributed by atoms with van der Waals surface area (Å²) in [5.41, 5.74) is 0.428. The van der Waals surface area contributed by atoms with Crippen molar-refractivity contribution in [2.24, 2.45) is 0 Å². The van der Waals surface area contributed by atoms with Gasteiger partial charge in [0.05, 0.1) is 26.4 Å². The molecule has 0 spiro atoms. The Morgan fingerprint density at radius 1 is 1.41 bits per heavy atom. The van der Waals surface area contributed by atoms with E-state index in [0.29, 0.717) is 18.7 Å². The van der Waals surface area contributed by atoms with E-state index in [0.717, 1.165) is 0 Å². The Bertz CT molecular complexity index is 938. The van der Waals surface area contributed by atoms with Crippen molar-refractivity contribution in [3.05, 3.63) is 23.0 Å². The Hall–Kier alpha value is -1.82. The summed E-state index contributed by atoms with van der Waals surface area (Å²) in [4.78, 5) is 22.9. The summed E-state index contributed by atoms with van der Waals surface area (Å²) < 4.78 is 25.1. The lowest BCUT2D eigenvalue weighted by Gasteiger charge is -2.37. The van der Waals surface area contributed by atoms with Crippen molar-refractivity contribution in [3.8, 4) is 0 Å². The molecule has 1 saturated heterocycles. The Kier molecular flexibility index (Phi) is 6.13. The molecule has 1 N–H and O–H groups in total. The van der Waals surface area contributed by atoms with Crippen LogP contribution >= 0.6 is 12.2 Å². The zero-order valence-electron chi connectivity index (χ0n) is 17.6. The van der Waals surface area contributed by atoms with Crippen LogP contribution in [0.25, 0.3) is 11.2 Å². The molecule has 2 aromatic heterocycles. The summed E-state index contributed by atoms with van der Waals surface area (Å²) in [7, 11) is -0.498. The normalized spacial score (nSPS) is 22.8. The maximum atomic E-state index is 11.9. The number of thiocarbonyl (C=S) groups is 1. The lowest BCUT2D eigenvalue weighted by atomic mass is 10.2. The standard InChI is InChI=1S/C18H28N4O5SSi/c1-18(2,3)29(5,6)25-8-12-11(27-17(28)24-4)7-13(26-12)22-10-21-14-15(22)19-9-20-16(14)23/h9-13H,7-8H2,1-6H3,(H,19,20,23)/t11-,12-,13+/m1/s1. The van der Waals surface area contributed by atoms with Crippen molar-refractivity contribution < 1.29 is 18.6 Å². The van der Waals surface area contributed by atoms with Crippen molar-refractivity contribution in [1.82, 2.24) is 19.5 Å². The average molecular weight is 441 g/mol. The number of nitrogens with zero attached hydrogens (tertiary/aromatic N) is 3. The van der Waals surface area contributed by atoms with Gasteiger partial charge in [-0.25, -0.2) is 9.97 Å². The van der Waals surface area contributed by atoms with Gasteiger partial charge in [0, 0.05) is 18.6 Å². The van der Waals surface area contributed by atoms with Crippen molar-refractivity contribution in [2.45, 2.75) is 63.8 Å². The lowest BCUT2D eigenvalue weighted by Crippen LogP contribution is -2.44. The molecule has 1 aliphatic rings. The predicted molar refractivity (Wildman–Crippen MR) is 114 cm³/mol. The van der Waals surface area contributed by atoms with E-state index in [1.807, 2.05) is 0 Å². The second kappa shape index (κ2) is 8.13. The number of ether oxygens (including phenoxy) is 3. The first-order valence-electron chi connectivity index (χ1n) is 9.48. The number of rotatable bonds is 5. The Morgan fingerprint density at radius 2 is 2.14 bits per heavy atom. The van der Waals surface area contributed by atoms with E-state index in [9.17, 15) is 4.79 Å². The molecular weight excluding hydrogens is 412 g/mol. The number of methoxy groups -OCH3 is 1. The molecule has 29 heavy (non-hydrogen) atoms. The maximum Gasteiger partial charge on any atom is 0.352 e. The van der Waals surface area contributed by atoms with Gasteiger partial charge in [0.25, 0.3) is 5.56 Å².